The number of rotatable bonds is 4. The van der Waals surface area contributed by atoms with Gasteiger partial charge in [0.15, 0.2) is 0 Å². The predicted molar refractivity (Wildman–Crippen MR) is 70.5 cm³/mol. The van der Waals surface area contributed by atoms with Crippen LogP contribution >= 0.6 is 0 Å². The lowest BCUT2D eigenvalue weighted by Gasteiger charge is -2.34. The van der Waals surface area contributed by atoms with Crippen LogP contribution in [0.15, 0.2) is 24.3 Å². The second kappa shape index (κ2) is 6.78. The molecule has 0 aromatic heterocycles. The summed E-state index contributed by atoms with van der Waals surface area (Å²) in [5.74, 6) is -0.248. The van der Waals surface area contributed by atoms with Gasteiger partial charge >= 0.3 is 6.36 Å². The molecule has 4 nitrogen and oxygen atoms in total. The molecule has 1 aromatic carbocycles. The van der Waals surface area contributed by atoms with E-state index >= 15 is 0 Å². The number of nitrogens with one attached hydrogen (secondary N) is 1. The first kappa shape index (κ1) is 15.6. The van der Waals surface area contributed by atoms with Gasteiger partial charge in [-0.05, 0) is 17.7 Å². The zero-order chi connectivity index (χ0) is 15.3. The fraction of sp³-hybridized carbons (Fsp3) is 0.500. The van der Waals surface area contributed by atoms with Gasteiger partial charge in [-0.15, -0.1) is 13.2 Å². The van der Waals surface area contributed by atoms with Gasteiger partial charge < -0.3 is 10.1 Å². The normalized spacial score (nSPS) is 18.0. The maximum Gasteiger partial charge on any atom is 0.573 e. The van der Waals surface area contributed by atoms with Crippen molar-refractivity contribution in [2.75, 3.05) is 26.2 Å². The van der Waals surface area contributed by atoms with Gasteiger partial charge in [0, 0.05) is 32.2 Å². The number of piperazine rings is 1. The monoisotopic (exact) mass is 299 g/mol. The maximum atomic E-state index is 12.1. The number of ether oxygens (including phenoxy) is 1. The topological polar surface area (TPSA) is 48.3 Å². The Morgan fingerprint density at radius 1 is 1.24 bits per heavy atom. The molecule has 7 heteroatoms. The molecule has 0 bridgehead atoms. The van der Waals surface area contributed by atoms with Crippen LogP contribution < -0.4 is 10.1 Å². The van der Waals surface area contributed by atoms with Crippen molar-refractivity contribution in [3.8, 4) is 11.8 Å². The molecule has 0 spiro atoms. The summed E-state index contributed by atoms with van der Waals surface area (Å²) in [5, 5.41) is 12.2. The van der Waals surface area contributed by atoms with Crippen molar-refractivity contribution >= 4 is 0 Å². The predicted octanol–water partition coefficient (Wildman–Crippen LogP) is 2.45. The Balaban J connectivity index is 2.11. The fourth-order valence-corrected chi connectivity index (χ4v) is 2.43. The summed E-state index contributed by atoms with van der Waals surface area (Å²) in [4.78, 5) is 2.17. The summed E-state index contributed by atoms with van der Waals surface area (Å²) in [6.07, 6.45) is -4.38. The molecule has 1 saturated heterocycles. The molecular weight excluding hydrogens is 283 g/mol. The maximum absolute atomic E-state index is 12.1. The molecule has 1 aromatic rings. The molecule has 0 radical (unpaired) electrons. The lowest BCUT2D eigenvalue weighted by molar-refractivity contribution is -0.274. The first-order valence-corrected chi connectivity index (χ1v) is 6.67. The number of nitriles is 1. The minimum atomic E-state index is -4.69. The second-order valence-electron chi connectivity index (χ2n) is 4.78. The zero-order valence-electron chi connectivity index (χ0n) is 11.4. The number of hydrogen-bond donors (Lipinski definition) is 1. The van der Waals surface area contributed by atoms with E-state index < -0.39 is 6.36 Å². The quantitative estimate of drug-likeness (QED) is 0.927. The molecule has 1 N–H and O–H groups in total. The molecule has 0 unspecified atom stereocenters. The van der Waals surface area contributed by atoms with Gasteiger partial charge in [-0.3, -0.25) is 4.90 Å². The van der Waals surface area contributed by atoms with Crippen molar-refractivity contribution in [1.29, 1.82) is 5.26 Å². The first-order valence-electron chi connectivity index (χ1n) is 6.67. The SMILES string of the molecule is N#CC[C@H](c1ccc(OC(F)(F)F)cc1)N1CCNCC1. The van der Waals surface area contributed by atoms with Gasteiger partial charge in [0.05, 0.1) is 12.5 Å². The van der Waals surface area contributed by atoms with Crippen LogP contribution in [0, 0.1) is 11.3 Å². The van der Waals surface area contributed by atoms with Crippen molar-refractivity contribution < 1.29 is 17.9 Å². The number of halogens is 3. The molecule has 0 amide bonds. The third kappa shape index (κ3) is 4.62. The first-order chi connectivity index (χ1) is 9.99. The van der Waals surface area contributed by atoms with Crippen LogP contribution in [-0.2, 0) is 0 Å². The lowest BCUT2D eigenvalue weighted by atomic mass is 10.0. The van der Waals surface area contributed by atoms with Crippen molar-refractivity contribution in [3.63, 3.8) is 0 Å². The average molecular weight is 299 g/mol. The molecule has 1 fully saturated rings. The molecule has 0 aliphatic carbocycles. The smallest absolute Gasteiger partial charge is 0.406 e. The lowest BCUT2D eigenvalue weighted by Crippen LogP contribution is -2.45. The molecule has 1 aliphatic heterocycles. The highest BCUT2D eigenvalue weighted by Crippen LogP contribution is 2.28. The molecule has 1 heterocycles. The van der Waals surface area contributed by atoms with Crippen LogP contribution in [0.4, 0.5) is 13.2 Å². The Kier molecular flexibility index (Phi) is 5.04. The summed E-state index contributed by atoms with van der Waals surface area (Å²) in [7, 11) is 0. The van der Waals surface area contributed by atoms with Crippen LogP contribution in [0.25, 0.3) is 0 Å². The standard InChI is InChI=1S/C14H16F3N3O/c15-14(16,17)21-12-3-1-11(2-4-12)13(5-6-18)20-9-7-19-8-10-20/h1-4,13,19H,5,7-10H2/t13-/m1/s1. The van der Waals surface area contributed by atoms with Crippen LogP contribution in [0.2, 0.25) is 0 Å². The van der Waals surface area contributed by atoms with E-state index in [0.717, 1.165) is 31.7 Å². The Labute approximate surface area is 121 Å². The molecular formula is C14H16F3N3O. The van der Waals surface area contributed by atoms with Crippen molar-refractivity contribution in [2.24, 2.45) is 0 Å². The van der Waals surface area contributed by atoms with Crippen molar-refractivity contribution in [1.82, 2.24) is 10.2 Å². The van der Waals surface area contributed by atoms with Crippen LogP contribution in [0.1, 0.15) is 18.0 Å². The van der Waals surface area contributed by atoms with E-state index in [0.29, 0.717) is 6.42 Å². The third-order valence-corrected chi connectivity index (χ3v) is 3.38. The molecule has 0 saturated carbocycles. The Morgan fingerprint density at radius 3 is 2.38 bits per heavy atom. The fourth-order valence-electron chi connectivity index (χ4n) is 2.43. The van der Waals surface area contributed by atoms with E-state index in [1.807, 2.05) is 0 Å². The van der Waals surface area contributed by atoms with E-state index in [1.54, 1.807) is 12.1 Å². The number of benzene rings is 1. The van der Waals surface area contributed by atoms with Crippen LogP contribution in [-0.4, -0.2) is 37.4 Å². The molecule has 1 atom stereocenters. The summed E-state index contributed by atoms with van der Waals surface area (Å²) >= 11 is 0. The van der Waals surface area contributed by atoms with Crippen LogP contribution in [0.3, 0.4) is 0 Å². The van der Waals surface area contributed by atoms with Gasteiger partial charge in [-0.2, -0.15) is 5.26 Å². The Morgan fingerprint density at radius 2 is 1.86 bits per heavy atom. The van der Waals surface area contributed by atoms with Crippen LogP contribution in [0.5, 0.6) is 5.75 Å². The van der Waals surface area contributed by atoms with E-state index in [9.17, 15) is 13.2 Å². The molecule has 21 heavy (non-hydrogen) atoms. The highest BCUT2D eigenvalue weighted by molar-refractivity contribution is 5.30. The summed E-state index contributed by atoms with van der Waals surface area (Å²) in [6, 6.07) is 7.79. The summed E-state index contributed by atoms with van der Waals surface area (Å²) < 4.78 is 40.2. The van der Waals surface area contributed by atoms with E-state index in [1.165, 1.54) is 12.1 Å². The average Bonchev–Trinajstić information content (AvgIpc) is 2.45. The minimum absolute atomic E-state index is 0.1000. The van der Waals surface area contributed by atoms with E-state index in [2.05, 4.69) is 21.0 Å². The molecule has 1 aliphatic rings. The van der Waals surface area contributed by atoms with Crippen molar-refractivity contribution in [2.45, 2.75) is 18.8 Å². The Hall–Kier alpha value is -1.78. The van der Waals surface area contributed by atoms with Crippen molar-refractivity contribution in [3.05, 3.63) is 29.8 Å². The molecule has 114 valence electrons. The Bertz CT molecular complexity index is 490. The second-order valence-corrected chi connectivity index (χ2v) is 4.78. The highest BCUT2D eigenvalue weighted by Gasteiger charge is 2.31. The van der Waals surface area contributed by atoms with Gasteiger partial charge in [0.25, 0.3) is 0 Å². The highest BCUT2D eigenvalue weighted by atomic mass is 19.4. The molecule has 2 rings (SSSR count). The zero-order valence-corrected chi connectivity index (χ0v) is 11.4. The number of alkyl halides is 3. The number of nitrogens with zero attached hydrogens (tertiary/aromatic N) is 2. The summed E-state index contributed by atoms with van der Waals surface area (Å²) in [6.45, 7) is 3.31. The largest absolute Gasteiger partial charge is 0.573 e. The third-order valence-electron chi connectivity index (χ3n) is 3.38. The van der Waals surface area contributed by atoms with E-state index in [4.69, 9.17) is 5.26 Å². The van der Waals surface area contributed by atoms with Gasteiger partial charge in [0.1, 0.15) is 5.75 Å². The van der Waals surface area contributed by atoms with Gasteiger partial charge in [-0.25, -0.2) is 0 Å². The van der Waals surface area contributed by atoms with Gasteiger partial charge in [-0.1, -0.05) is 12.1 Å². The minimum Gasteiger partial charge on any atom is -0.406 e. The van der Waals surface area contributed by atoms with E-state index in [-0.39, 0.29) is 11.8 Å². The number of hydrogen-bond acceptors (Lipinski definition) is 4. The van der Waals surface area contributed by atoms with Gasteiger partial charge in [0.2, 0.25) is 0 Å². The summed E-state index contributed by atoms with van der Waals surface area (Å²) in [5.41, 5.74) is 0.827.